The fraction of sp³-hybridized carbons (Fsp3) is 0.364. The summed E-state index contributed by atoms with van der Waals surface area (Å²) in [5.74, 6) is 0.862. The van der Waals surface area contributed by atoms with Crippen molar-refractivity contribution in [2.24, 2.45) is 0 Å². The molecule has 4 heteroatoms. The molecule has 1 amide bonds. The van der Waals surface area contributed by atoms with Crippen LogP contribution in [0.15, 0.2) is 22.7 Å². The maximum absolute atomic E-state index is 11.0. The van der Waals surface area contributed by atoms with Gasteiger partial charge in [0.1, 0.15) is 5.75 Å². The molecule has 0 aliphatic carbocycles. The third-order valence-corrected chi connectivity index (χ3v) is 2.76. The van der Waals surface area contributed by atoms with E-state index in [0.29, 0.717) is 6.42 Å². The highest BCUT2D eigenvalue weighted by atomic mass is 79.9. The number of hydrogen-bond donors (Lipinski definition) is 1. The summed E-state index contributed by atoms with van der Waals surface area (Å²) in [5, 5.41) is 2.60. The second-order valence-corrected chi connectivity index (χ2v) is 4.00. The van der Waals surface area contributed by atoms with E-state index in [1.54, 1.807) is 14.2 Å². The fourth-order valence-electron chi connectivity index (χ4n) is 1.25. The number of methoxy groups -OCH3 is 1. The van der Waals surface area contributed by atoms with Crippen molar-refractivity contribution in [1.29, 1.82) is 0 Å². The summed E-state index contributed by atoms with van der Waals surface area (Å²) >= 11 is 3.41. The monoisotopic (exact) mass is 271 g/mol. The molecule has 0 bridgehead atoms. The molecule has 0 saturated carbocycles. The lowest BCUT2D eigenvalue weighted by molar-refractivity contribution is -0.120. The number of carbonyl (C=O) groups is 1. The molecule has 0 unspecified atom stereocenters. The van der Waals surface area contributed by atoms with Crippen molar-refractivity contribution in [2.45, 2.75) is 12.8 Å². The van der Waals surface area contributed by atoms with Gasteiger partial charge in [0.05, 0.1) is 11.6 Å². The molecule has 0 heterocycles. The summed E-state index contributed by atoms with van der Waals surface area (Å²) < 4.78 is 6.04. The summed E-state index contributed by atoms with van der Waals surface area (Å²) in [5.41, 5.74) is 1.12. The van der Waals surface area contributed by atoms with Gasteiger partial charge in [-0.25, -0.2) is 0 Å². The number of halogens is 1. The van der Waals surface area contributed by atoms with Gasteiger partial charge in [-0.15, -0.1) is 0 Å². The molecule has 0 aromatic heterocycles. The number of amides is 1. The van der Waals surface area contributed by atoms with E-state index < -0.39 is 0 Å². The van der Waals surface area contributed by atoms with Gasteiger partial charge in [-0.3, -0.25) is 4.79 Å². The summed E-state index contributed by atoms with van der Waals surface area (Å²) in [6.07, 6.45) is 1.25. The zero-order valence-electron chi connectivity index (χ0n) is 8.84. The first-order valence-corrected chi connectivity index (χ1v) is 5.49. The third kappa shape index (κ3) is 3.55. The van der Waals surface area contributed by atoms with Crippen LogP contribution in [-0.2, 0) is 11.2 Å². The number of benzene rings is 1. The molecule has 1 rings (SSSR count). The minimum Gasteiger partial charge on any atom is -0.496 e. The first kappa shape index (κ1) is 12.0. The van der Waals surface area contributed by atoms with Crippen LogP contribution in [0.25, 0.3) is 0 Å². The van der Waals surface area contributed by atoms with Crippen LogP contribution < -0.4 is 10.1 Å². The fourth-order valence-corrected chi connectivity index (χ4v) is 1.84. The number of ether oxygens (including phenoxy) is 1. The van der Waals surface area contributed by atoms with Gasteiger partial charge in [-0.05, 0) is 40.0 Å². The van der Waals surface area contributed by atoms with Gasteiger partial charge >= 0.3 is 0 Å². The van der Waals surface area contributed by atoms with Crippen LogP contribution in [0.4, 0.5) is 0 Å². The highest BCUT2D eigenvalue weighted by molar-refractivity contribution is 9.10. The Morgan fingerprint density at radius 1 is 1.53 bits per heavy atom. The van der Waals surface area contributed by atoms with E-state index in [2.05, 4.69) is 21.2 Å². The molecule has 0 saturated heterocycles. The quantitative estimate of drug-likeness (QED) is 0.911. The Balaban J connectivity index is 2.63. The normalized spacial score (nSPS) is 9.80. The average molecular weight is 272 g/mol. The Morgan fingerprint density at radius 2 is 2.27 bits per heavy atom. The van der Waals surface area contributed by atoms with E-state index >= 15 is 0 Å². The van der Waals surface area contributed by atoms with Crippen molar-refractivity contribution < 1.29 is 9.53 Å². The van der Waals surface area contributed by atoms with Crippen LogP contribution in [0.1, 0.15) is 12.0 Å². The van der Waals surface area contributed by atoms with Gasteiger partial charge < -0.3 is 10.1 Å². The van der Waals surface area contributed by atoms with E-state index in [9.17, 15) is 4.79 Å². The van der Waals surface area contributed by atoms with Gasteiger partial charge in [-0.1, -0.05) is 6.07 Å². The van der Waals surface area contributed by atoms with Crippen molar-refractivity contribution >= 4 is 21.8 Å². The predicted octanol–water partition coefficient (Wildman–Crippen LogP) is 2.14. The lowest BCUT2D eigenvalue weighted by Gasteiger charge is -2.05. The molecule has 0 spiro atoms. The Labute approximate surface area is 97.9 Å². The van der Waals surface area contributed by atoms with Crippen LogP contribution in [0, 0.1) is 0 Å². The van der Waals surface area contributed by atoms with Crippen LogP contribution in [-0.4, -0.2) is 20.1 Å². The zero-order valence-corrected chi connectivity index (χ0v) is 10.4. The predicted molar refractivity (Wildman–Crippen MR) is 63.1 cm³/mol. The molecule has 0 aliphatic heterocycles. The number of nitrogens with one attached hydrogen (secondary N) is 1. The molecule has 1 aromatic rings. The maximum Gasteiger partial charge on any atom is 0.220 e. The molecule has 1 aromatic carbocycles. The summed E-state index contributed by atoms with van der Waals surface area (Å²) in [7, 11) is 3.27. The lowest BCUT2D eigenvalue weighted by Crippen LogP contribution is -2.17. The molecule has 3 nitrogen and oxygen atoms in total. The standard InChI is InChI=1S/C11H14BrNO2/c1-13-11(14)6-4-8-3-5-10(15-2)9(12)7-8/h3,5,7H,4,6H2,1-2H3,(H,13,14). The van der Waals surface area contributed by atoms with Crippen molar-refractivity contribution in [3.8, 4) is 5.75 Å². The van der Waals surface area contributed by atoms with Crippen LogP contribution in [0.5, 0.6) is 5.75 Å². The second-order valence-electron chi connectivity index (χ2n) is 3.14. The Morgan fingerprint density at radius 3 is 2.80 bits per heavy atom. The van der Waals surface area contributed by atoms with E-state index in [0.717, 1.165) is 22.2 Å². The molecule has 0 radical (unpaired) electrons. The highest BCUT2D eigenvalue weighted by Gasteiger charge is 2.03. The number of carbonyl (C=O) groups excluding carboxylic acids is 1. The van der Waals surface area contributed by atoms with E-state index in [-0.39, 0.29) is 5.91 Å². The number of rotatable bonds is 4. The van der Waals surface area contributed by atoms with Crippen LogP contribution in [0.2, 0.25) is 0 Å². The average Bonchev–Trinajstić information content (AvgIpc) is 2.26. The summed E-state index contributed by atoms with van der Waals surface area (Å²) in [4.78, 5) is 11.0. The lowest BCUT2D eigenvalue weighted by atomic mass is 10.1. The molecule has 0 fully saturated rings. The number of aryl methyl sites for hydroxylation is 1. The number of hydrogen-bond acceptors (Lipinski definition) is 2. The van der Waals surface area contributed by atoms with Gasteiger partial charge in [0.15, 0.2) is 0 Å². The highest BCUT2D eigenvalue weighted by Crippen LogP contribution is 2.25. The summed E-state index contributed by atoms with van der Waals surface area (Å²) in [6, 6.07) is 5.83. The minimum atomic E-state index is 0.0574. The first-order valence-electron chi connectivity index (χ1n) is 4.70. The molecule has 1 N–H and O–H groups in total. The Kier molecular flexibility index (Phi) is 4.62. The molecule has 15 heavy (non-hydrogen) atoms. The van der Waals surface area contributed by atoms with E-state index in [1.165, 1.54) is 0 Å². The second kappa shape index (κ2) is 5.75. The van der Waals surface area contributed by atoms with E-state index in [4.69, 9.17) is 4.74 Å². The van der Waals surface area contributed by atoms with Crippen molar-refractivity contribution in [1.82, 2.24) is 5.32 Å². The van der Waals surface area contributed by atoms with Crippen molar-refractivity contribution in [3.05, 3.63) is 28.2 Å². The molecular weight excluding hydrogens is 258 g/mol. The topological polar surface area (TPSA) is 38.3 Å². The maximum atomic E-state index is 11.0. The van der Waals surface area contributed by atoms with Gasteiger partial charge in [0.25, 0.3) is 0 Å². The zero-order chi connectivity index (χ0) is 11.3. The molecule has 0 aliphatic rings. The van der Waals surface area contributed by atoms with Gasteiger partial charge in [-0.2, -0.15) is 0 Å². The third-order valence-electron chi connectivity index (χ3n) is 2.14. The van der Waals surface area contributed by atoms with Crippen molar-refractivity contribution in [3.63, 3.8) is 0 Å². The van der Waals surface area contributed by atoms with Crippen LogP contribution in [0.3, 0.4) is 0 Å². The van der Waals surface area contributed by atoms with Gasteiger partial charge in [0.2, 0.25) is 5.91 Å². The first-order chi connectivity index (χ1) is 7.17. The van der Waals surface area contributed by atoms with E-state index in [1.807, 2.05) is 18.2 Å². The SMILES string of the molecule is CNC(=O)CCc1ccc(OC)c(Br)c1. The molecule has 82 valence electrons. The van der Waals surface area contributed by atoms with Gasteiger partial charge in [0, 0.05) is 13.5 Å². The summed E-state index contributed by atoms with van der Waals surface area (Å²) in [6.45, 7) is 0. The van der Waals surface area contributed by atoms with Crippen LogP contribution >= 0.6 is 15.9 Å². The Bertz CT molecular complexity index is 352. The largest absolute Gasteiger partial charge is 0.496 e. The Hall–Kier alpha value is -1.03. The minimum absolute atomic E-state index is 0.0574. The molecule has 0 atom stereocenters. The van der Waals surface area contributed by atoms with Crippen molar-refractivity contribution in [2.75, 3.05) is 14.2 Å². The molecular formula is C11H14BrNO2. The smallest absolute Gasteiger partial charge is 0.220 e.